The number of carbonyl (C=O) groups is 1. The third-order valence-electron chi connectivity index (χ3n) is 6.32. The summed E-state index contributed by atoms with van der Waals surface area (Å²) in [4.78, 5) is 27.9. The number of piperidine rings is 1. The van der Waals surface area contributed by atoms with Crippen LogP contribution >= 0.6 is 23.2 Å². The zero-order chi connectivity index (χ0) is 22.9. The Kier molecular flexibility index (Phi) is 6.11. The first-order valence-corrected chi connectivity index (χ1v) is 11.7. The molecule has 2 heterocycles. The van der Waals surface area contributed by atoms with E-state index in [4.69, 9.17) is 27.6 Å². The Labute approximate surface area is 201 Å². The van der Waals surface area contributed by atoms with Gasteiger partial charge in [0, 0.05) is 24.2 Å². The highest BCUT2D eigenvalue weighted by atomic mass is 35.5. The Bertz CT molecular complexity index is 1370. The molecular weight excluding hydrogens is 459 g/mol. The summed E-state index contributed by atoms with van der Waals surface area (Å²) in [7, 11) is 0. The lowest BCUT2D eigenvalue weighted by Gasteiger charge is -2.32. The van der Waals surface area contributed by atoms with Crippen LogP contribution in [0.5, 0.6) is 0 Å². The number of carbonyl (C=O) groups excluding carboxylic acids is 1. The van der Waals surface area contributed by atoms with Gasteiger partial charge in [0.05, 0.1) is 22.2 Å². The van der Waals surface area contributed by atoms with Crippen LogP contribution in [0.3, 0.4) is 0 Å². The predicted molar refractivity (Wildman–Crippen MR) is 130 cm³/mol. The number of aromatic nitrogens is 1. The highest BCUT2D eigenvalue weighted by Crippen LogP contribution is 2.30. The minimum absolute atomic E-state index is 0.252. The molecule has 0 radical (unpaired) electrons. The molecule has 0 atom stereocenters. The summed E-state index contributed by atoms with van der Waals surface area (Å²) in [6, 6.07) is 20.5. The summed E-state index contributed by atoms with van der Waals surface area (Å²) in [5.74, 6) is -0.243. The van der Waals surface area contributed by atoms with E-state index in [1.807, 2.05) is 6.07 Å². The number of halogens is 2. The van der Waals surface area contributed by atoms with Gasteiger partial charge in [0.15, 0.2) is 11.4 Å². The topological polar surface area (TPSA) is 55.5 Å². The van der Waals surface area contributed by atoms with Crippen molar-refractivity contribution in [1.29, 1.82) is 0 Å². The molecule has 1 saturated heterocycles. The number of hydrogen-bond acceptors (Lipinski definition) is 4. The molecule has 0 bridgehead atoms. The van der Waals surface area contributed by atoms with Crippen molar-refractivity contribution in [3.63, 3.8) is 0 Å². The van der Waals surface area contributed by atoms with Crippen LogP contribution in [0.2, 0.25) is 10.0 Å². The lowest BCUT2D eigenvalue weighted by Crippen LogP contribution is -2.36. The van der Waals surface area contributed by atoms with Gasteiger partial charge in [-0.1, -0.05) is 65.7 Å². The minimum atomic E-state index is -0.464. The lowest BCUT2D eigenvalue weighted by atomic mass is 9.90. The molecule has 168 valence electrons. The Morgan fingerprint density at radius 1 is 0.909 bits per heavy atom. The van der Waals surface area contributed by atoms with Crippen LogP contribution in [0.4, 0.5) is 0 Å². The van der Waals surface area contributed by atoms with E-state index in [1.165, 1.54) is 11.6 Å². The van der Waals surface area contributed by atoms with Gasteiger partial charge in [-0.05, 0) is 48.6 Å². The van der Waals surface area contributed by atoms with Crippen molar-refractivity contribution in [2.75, 3.05) is 13.1 Å². The fraction of sp³-hybridized carbons (Fsp3) is 0.231. The van der Waals surface area contributed by atoms with Crippen LogP contribution in [-0.2, 0) is 6.67 Å². The van der Waals surface area contributed by atoms with Gasteiger partial charge in [0.25, 0.3) is 0 Å². The van der Waals surface area contributed by atoms with Crippen LogP contribution in [-0.4, -0.2) is 28.3 Å². The standard InChI is InChI=1S/C26H22Cl2N2O3/c27-21-9-5-4-8-19(21)25(31)20-14-24-23(15-22(20)28)30(26(32)33-24)16-29-12-10-18(11-13-29)17-6-2-1-3-7-17/h1-9,14-15,18H,10-13,16H2. The smallest absolute Gasteiger partial charge is 0.408 e. The number of benzene rings is 3. The van der Waals surface area contributed by atoms with Crippen LogP contribution in [0.1, 0.15) is 40.2 Å². The largest absolute Gasteiger partial charge is 0.421 e. The van der Waals surface area contributed by atoms with Crippen molar-refractivity contribution in [3.05, 3.63) is 104 Å². The Balaban J connectivity index is 1.37. The van der Waals surface area contributed by atoms with Crippen LogP contribution < -0.4 is 5.76 Å². The molecule has 0 aliphatic carbocycles. The zero-order valence-corrected chi connectivity index (χ0v) is 19.4. The molecule has 1 aliphatic heterocycles. The molecule has 0 N–H and O–H groups in total. The quantitative estimate of drug-likeness (QED) is 0.330. The SMILES string of the molecule is O=C(c1ccccc1Cl)c1cc2oc(=O)n(CN3CCC(c4ccccc4)CC3)c2cc1Cl. The number of nitrogens with zero attached hydrogens (tertiary/aromatic N) is 2. The van der Waals surface area contributed by atoms with Gasteiger partial charge >= 0.3 is 5.76 Å². The third kappa shape index (κ3) is 4.36. The van der Waals surface area contributed by atoms with E-state index in [9.17, 15) is 9.59 Å². The molecular formula is C26H22Cl2N2O3. The lowest BCUT2D eigenvalue weighted by molar-refractivity contribution is 0.103. The molecule has 3 aromatic carbocycles. The molecule has 0 amide bonds. The second-order valence-corrected chi connectivity index (χ2v) is 9.16. The number of fused-ring (bicyclic) bond motifs is 1. The van der Waals surface area contributed by atoms with E-state index >= 15 is 0 Å². The third-order valence-corrected chi connectivity index (χ3v) is 6.96. The van der Waals surface area contributed by atoms with Crippen LogP contribution in [0.25, 0.3) is 11.1 Å². The first kappa shape index (κ1) is 22.0. The first-order chi connectivity index (χ1) is 16.0. The molecule has 4 aromatic rings. The van der Waals surface area contributed by atoms with Gasteiger partial charge < -0.3 is 4.42 Å². The van der Waals surface area contributed by atoms with Gasteiger partial charge in [-0.25, -0.2) is 4.79 Å². The van der Waals surface area contributed by atoms with Crippen molar-refractivity contribution in [2.45, 2.75) is 25.4 Å². The maximum atomic E-state index is 13.0. The fourth-order valence-electron chi connectivity index (χ4n) is 4.51. The van der Waals surface area contributed by atoms with E-state index in [0.29, 0.717) is 34.3 Å². The molecule has 5 rings (SSSR count). The summed E-state index contributed by atoms with van der Waals surface area (Å²) < 4.78 is 7.06. The molecule has 1 aromatic heterocycles. The van der Waals surface area contributed by atoms with Crippen molar-refractivity contribution in [2.24, 2.45) is 0 Å². The van der Waals surface area contributed by atoms with Crippen LogP contribution in [0.15, 0.2) is 75.9 Å². The summed E-state index contributed by atoms with van der Waals surface area (Å²) in [5.41, 5.74) is 2.88. The fourth-order valence-corrected chi connectivity index (χ4v) is 4.98. The second kappa shape index (κ2) is 9.18. The molecule has 33 heavy (non-hydrogen) atoms. The van der Waals surface area contributed by atoms with Crippen molar-refractivity contribution >= 4 is 40.1 Å². The van der Waals surface area contributed by atoms with E-state index in [1.54, 1.807) is 34.9 Å². The summed E-state index contributed by atoms with van der Waals surface area (Å²) in [6.07, 6.45) is 2.07. The number of hydrogen-bond donors (Lipinski definition) is 0. The van der Waals surface area contributed by atoms with Gasteiger partial charge in [-0.3, -0.25) is 14.3 Å². The number of oxazole rings is 1. The monoisotopic (exact) mass is 480 g/mol. The van der Waals surface area contributed by atoms with Gasteiger partial charge in [-0.2, -0.15) is 0 Å². The summed E-state index contributed by atoms with van der Waals surface area (Å²) in [5, 5.41) is 0.598. The van der Waals surface area contributed by atoms with Crippen molar-refractivity contribution in [1.82, 2.24) is 9.47 Å². The van der Waals surface area contributed by atoms with Gasteiger partial charge in [0.1, 0.15) is 0 Å². The number of likely N-dealkylation sites (tertiary alicyclic amines) is 1. The zero-order valence-electron chi connectivity index (χ0n) is 17.8. The van der Waals surface area contributed by atoms with E-state index in [-0.39, 0.29) is 16.4 Å². The predicted octanol–water partition coefficient (Wildman–Crippen LogP) is 5.97. The van der Waals surface area contributed by atoms with Crippen molar-refractivity contribution in [3.8, 4) is 0 Å². The van der Waals surface area contributed by atoms with Gasteiger partial charge in [0.2, 0.25) is 0 Å². The maximum absolute atomic E-state index is 13.0. The molecule has 0 unspecified atom stereocenters. The Morgan fingerprint density at radius 2 is 1.61 bits per heavy atom. The van der Waals surface area contributed by atoms with Crippen LogP contribution in [0, 0.1) is 0 Å². The average molecular weight is 481 g/mol. The van der Waals surface area contributed by atoms with E-state index < -0.39 is 5.76 Å². The van der Waals surface area contributed by atoms with Crippen molar-refractivity contribution < 1.29 is 9.21 Å². The molecule has 0 spiro atoms. The molecule has 7 heteroatoms. The highest BCUT2D eigenvalue weighted by molar-refractivity contribution is 6.38. The van der Waals surface area contributed by atoms with E-state index in [0.717, 1.165) is 25.9 Å². The number of rotatable bonds is 5. The molecule has 1 aliphatic rings. The Hall–Kier alpha value is -2.86. The normalized spacial score (nSPS) is 15.2. The summed E-state index contributed by atoms with van der Waals surface area (Å²) >= 11 is 12.7. The van der Waals surface area contributed by atoms with Gasteiger partial charge in [-0.15, -0.1) is 0 Å². The Morgan fingerprint density at radius 3 is 2.33 bits per heavy atom. The number of ketones is 1. The molecule has 0 saturated carbocycles. The molecule has 5 nitrogen and oxygen atoms in total. The average Bonchev–Trinajstić information content (AvgIpc) is 3.13. The second-order valence-electron chi connectivity index (χ2n) is 8.35. The molecule has 1 fully saturated rings. The first-order valence-electron chi connectivity index (χ1n) is 10.9. The summed E-state index contributed by atoms with van der Waals surface area (Å²) in [6.45, 7) is 2.19. The minimum Gasteiger partial charge on any atom is -0.408 e. The van der Waals surface area contributed by atoms with E-state index in [2.05, 4.69) is 29.2 Å². The maximum Gasteiger partial charge on any atom is 0.421 e. The highest BCUT2D eigenvalue weighted by Gasteiger charge is 2.23.